The molecular formula is C14H31N3OSi. The second kappa shape index (κ2) is 10.3. The highest BCUT2D eigenvalue weighted by molar-refractivity contribution is 6.76. The molecule has 0 unspecified atom stereocenters. The maximum Gasteiger partial charge on any atom is 0.197 e. The molecule has 0 saturated carbocycles. The summed E-state index contributed by atoms with van der Waals surface area (Å²) in [6.45, 7) is 13.0. The second-order valence-electron chi connectivity index (χ2n) is 5.88. The smallest absolute Gasteiger partial charge is 0.197 e. The van der Waals surface area contributed by atoms with Gasteiger partial charge in [0.25, 0.3) is 0 Å². The van der Waals surface area contributed by atoms with E-state index in [0.717, 1.165) is 19.4 Å². The molecule has 0 radical (unpaired) electrons. The van der Waals surface area contributed by atoms with Crippen molar-refractivity contribution in [1.29, 1.82) is 0 Å². The molecule has 0 aromatic carbocycles. The molecule has 112 valence electrons. The van der Waals surface area contributed by atoms with Crippen LogP contribution in [0.5, 0.6) is 0 Å². The molecule has 0 saturated heterocycles. The fourth-order valence-corrected chi connectivity index (χ4v) is 7.42. The summed E-state index contributed by atoms with van der Waals surface area (Å²) in [5.74, 6) is 0. The average Bonchev–Trinajstić information content (AvgIpc) is 2.36. The van der Waals surface area contributed by atoms with E-state index in [-0.39, 0.29) is 0 Å². The lowest BCUT2D eigenvalue weighted by Gasteiger charge is -2.39. The fraction of sp³-hybridized carbons (Fsp3) is 1.00. The van der Waals surface area contributed by atoms with Crippen LogP contribution >= 0.6 is 0 Å². The van der Waals surface area contributed by atoms with Gasteiger partial charge < -0.3 is 4.43 Å². The average molecular weight is 286 g/mol. The third kappa shape index (κ3) is 6.46. The Hall–Kier alpha value is -0.513. The summed E-state index contributed by atoms with van der Waals surface area (Å²) in [5, 5.41) is 3.56. The van der Waals surface area contributed by atoms with Gasteiger partial charge in [-0.05, 0) is 35.5 Å². The molecule has 0 fully saturated rings. The molecule has 4 nitrogen and oxygen atoms in total. The van der Waals surface area contributed by atoms with Crippen molar-refractivity contribution in [2.75, 3.05) is 13.2 Å². The molecule has 0 atom stereocenters. The highest BCUT2D eigenvalue weighted by Crippen LogP contribution is 2.38. The van der Waals surface area contributed by atoms with Gasteiger partial charge in [-0.1, -0.05) is 52.6 Å². The zero-order valence-electron chi connectivity index (χ0n) is 13.4. The van der Waals surface area contributed by atoms with Crippen LogP contribution < -0.4 is 0 Å². The van der Waals surface area contributed by atoms with E-state index in [4.69, 9.17) is 9.96 Å². The van der Waals surface area contributed by atoms with Gasteiger partial charge in [-0.2, -0.15) is 0 Å². The van der Waals surface area contributed by atoms with Gasteiger partial charge in [0.1, 0.15) is 0 Å². The predicted octanol–water partition coefficient (Wildman–Crippen LogP) is 5.66. The molecule has 0 spiro atoms. The number of azide groups is 1. The van der Waals surface area contributed by atoms with Gasteiger partial charge in [0.15, 0.2) is 8.32 Å². The summed E-state index contributed by atoms with van der Waals surface area (Å²) in [6.07, 6.45) is 4.45. The third-order valence-corrected chi connectivity index (χ3v) is 9.75. The number of hydrogen-bond acceptors (Lipinski definition) is 2. The van der Waals surface area contributed by atoms with E-state index in [1.54, 1.807) is 0 Å². The summed E-state index contributed by atoms with van der Waals surface area (Å²) in [6, 6.07) is 1.27. The summed E-state index contributed by atoms with van der Waals surface area (Å²) >= 11 is 0. The van der Waals surface area contributed by atoms with Gasteiger partial charge in [-0.25, -0.2) is 0 Å². The van der Waals surface area contributed by atoms with Crippen LogP contribution in [0.4, 0.5) is 0 Å². The van der Waals surface area contributed by atoms with Crippen molar-refractivity contribution in [3.63, 3.8) is 0 Å². The Morgan fingerprint density at radius 1 is 1.11 bits per heavy atom. The number of hydrogen-bond donors (Lipinski definition) is 0. The monoisotopic (exact) mass is 285 g/mol. The minimum absolute atomic E-state index is 0.590. The summed E-state index contributed by atoms with van der Waals surface area (Å²) in [4.78, 5) is 2.77. The topological polar surface area (TPSA) is 58.0 Å². The van der Waals surface area contributed by atoms with Crippen molar-refractivity contribution in [2.45, 2.75) is 77.4 Å². The normalized spacial score (nSPS) is 11.9. The Morgan fingerprint density at radius 2 is 1.74 bits per heavy atom. The van der Waals surface area contributed by atoms with Crippen LogP contribution in [0.25, 0.3) is 10.4 Å². The summed E-state index contributed by atoms with van der Waals surface area (Å²) in [7, 11) is -1.64. The highest BCUT2D eigenvalue weighted by atomic mass is 28.4. The lowest BCUT2D eigenvalue weighted by molar-refractivity contribution is 0.275. The Kier molecular flexibility index (Phi) is 10.0. The Bertz CT molecular complexity index is 268. The van der Waals surface area contributed by atoms with Crippen molar-refractivity contribution < 1.29 is 4.43 Å². The lowest BCUT2D eigenvalue weighted by Crippen LogP contribution is -2.45. The molecule has 0 amide bonds. The fourth-order valence-electron chi connectivity index (χ4n) is 2.69. The first-order chi connectivity index (χ1) is 9.01. The molecule has 0 aromatic rings. The molecular weight excluding hydrogens is 254 g/mol. The minimum Gasteiger partial charge on any atom is -0.416 e. The van der Waals surface area contributed by atoms with Gasteiger partial charge >= 0.3 is 0 Å². The van der Waals surface area contributed by atoms with Gasteiger partial charge in [0.05, 0.1) is 0 Å². The molecule has 0 bridgehead atoms. The van der Waals surface area contributed by atoms with Crippen molar-refractivity contribution in [3.05, 3.63) is 10.4 Å². The third-order valence-electron chi connectivity index (χ3n) is 3.96. The van der Waals surface area contributed by atoms with Crippen LogP contribution in [0.1, 0.15) is 60.3 Å². The lowest BCUT2D eigenvalue weighted by atomic mass is 10.3. The second-order valence-corrected chi connectivity index (χ2v) is 10.9. The first-order valence-electron chi connectivity index (χ1n) is 7.66. The molecule has 0 aliphatic carbocycles. The molecule has 0 aromatic heterocycles. The summed E-state index contributed by atoms with van der Waals surface area (Å²) < 4.78 is 6.44. The van der Waals surface area contributed by atoms with E-state index in [2.05, 4.69) is 44.6 Å². The molecule has 19 heavy (non-hydrogen) atoms. The Balaban J connectivity index is 4.35. The van der Waals surface area contributed by atoms with E-state index in [0.29, 0.717) is 17.6 Å². The number of unbranched alkanes of at least 4 members (excludes halogenated alkanes) is 2. The van der Waals surface area contributed by atoms with Gasteiger partial charge in [0, 0.05) is 18.1 Å². The van der Waals surface area contributed by atoms with E-state index < -0.39 is 8.32 Å². The molecule has 0 rings (SSSR count). The quantitative estimate of drug-likeness (QED) is 0.159. The maximum atomic E-state index is 8.23. The first-order valence-corrected chi connectivity index (χ1v) is 9.93. The van der Waals surface area contributed by atoms with Crippen LogP contribution in [0.15, 0.2) is 5.11 Å². The van der Waals surface area contributed by atoms with Gasteiger partial charge in [-0.15, -0.1) is 0 Å². The molecule has 0 N–H and O–H groups in total. The maximum absolute atomic E-state index is 8.23. The Labute approximate surface area is 119 Å². The SMILES string of the molecule is CCCC[Si](OCCCCN=[N+]=[N-])(C(C)C)C(C)C. The van der Waals surface area contributed by atoms with Crippen LogP contribution in [0.3, 0.4) is 0 Å². The predicted molar refractivity (Wildman–Crippen MR) is 84.9 cm³/mol. The van der Waals surface area contributed by atoms with Crippen LogP contribution in [-0.4, -0.2) is 21.5 Å². The van der Waals surface area contributed by atoms with Gasteiger partial charge in [-0.3, -0.25) is 0 Å². The van der Waals surface area contributed by atoms with E-state index in [1.165, 1.54) is 18.9 Å². The minimum atomic E-state index is -1.64. The van der Waals surface area contributed by atoms with Gasteiger partial charge in [0.2, 0.25) is 0 Å². The summed E-state index contributed by atoms with van der Waals surface area (Å²) in [5.41, 5.74) is 9.55. The van der Waals surface area contributed by atoms with Crippen molar-refractivity contribution in [1.82, 2.24) is 0 Å². The Morgan fingerprint density at radius 3 is 2.21 bits per heavy atom. The number of nitrogens with zero attached hydrogens (tertiary/aromatic N) is 3. The van der Waals surface area contributed by atoms with Crippen molar-refractivity contribution in [2.24, 2.45) is 5.11 Å². The zero-order valence-corrected chi connectivity index (χ0v) is 14.4. The standard InChI is InChI=1S/C14H31N3OSi/c1-6-7-12-19(13(2)3,14(4)5)18-11-9-8-10-16-17-15/h13-14H,6-12H2,1-5H3. The van der Waals surface area contributed by atoms with E-state index >= 15 is 0 Å². The number of rotatable bonds is 11. The van der Waals surface area contributed by atoms with Crippen LogP contribution in [-0.2, 0) is 4.43 Å². The van der Waals surface area contributed by atoms with E-state index in [9.17, 15) is 0 Å². The first kappa shape index (κ1) is 18.5. The molecule has 0 aliphatic rings. The van der Waals surface area contributed by atoms with Crippen LogP contribution in [0, 0.1) is 0 Å². The molecule has 5 heteroatoms. The van der Waals surface area contributed by atoms with Crippen molar-refractivity contribution in [3.8, 4) is 0 Å². The van der Waals surface area contributed by atoms with Crippen LogP contribution in [0.2, 0.25) is 17.1 Å². The molecule has 0 aliphatic heterocycles. The molecule has 0 heterocycles. The largest absolute Gasteiger partial charge is 0.416 e. The zero-order chi connectivity index (χ0) is 14.7. The van der Waals surface area contributed by atoms with Crippen molar-refractivity contribution >= 4 is 8.32 Å². The highest BCUT2D eigenvalue weighted by Gasteiger charge is 2.40. The van der Waals surface area contributed by atoms with E-state index in [1.807, 2.05) is 0 Å².